The zero-order valence-electron chi connectivity index (χ0n) is 15.1. The fraction of sp³-hybridized carbons (Fsp3) is 0.474. The molecule has 1 aromatic heterocycles. The second-order valence-corrected chi connectivity index (χ2v) is 7.00. The van der Waals surface area contributed by atoms with Crippen LogP contribution in [0.4, 0.5) is 4.39 Å². The first-order chi connectivity index (χ1) is 11.3. The van der Waals surface area contributed by atoms with Gasteiger partial charge >= 0.3 is 0 Å². The van der Waals surface area contributed by atoms with E-state index in [1.807, 2.05) is 6.92 Å². The first-order valence-corrected chi connectivity index (χ1v) is 8.42. The Hall–Kier alpha value is -2.17. The molecule has 0 saturated heterocycles. The number of carbonyl (C=O) groups is 1. The third kappa shape index (κ3) is 4.22. The Labute approximate surface area is 143 Å². The largest absolute Gasteiger partial charge is 0.352 e. The number of aromatic nitrogens is 2. The van der Waals surface area contributed by atoms with E-state index >= 15 is 0 Å². The average molecular weight is 331 g/mol. The predicted molar refractivity (Wildman–Crippen MR) is 94.0 cm³/mol. The summed E-state index contributed by atoms with van der Waals surface area (Å²) in [6.45, 7) is 10.8. The van der Waals surface area contributed by atoms with Gasteiger partial charge in [-0.25, -0.2) is 9.07 Å². The summed E-state index contributed by atoms with van der Waals surface area (Å²) in [6, 6.07) is 6.26. The van der Waals surface area contributed by atoms with E-state index in [1.54, 1.807) is 16.8 Å². The molecule has 0 fully saturated rings. The molecule has 130 valence electrons. The lowest BCUT2D eigenvalue weighted by atomic mass is 10.0. The number of nitrogens with one attached hydrogen (secondary N) is 1. The van der Waals surface area contributed by atoms with Crippen LogP contribution in [-0.4, -0.2) is 22.2 Å². The maximum Gasteiger partial charge on any atom is 0.255 e. The van der Waals surface area contributed by atoms with Crippen LogP contribution in [0, 0.1) is 24.6 Å². The molecule has 0 atom stereocenters. The third-order valence-corrected chi connectivity index (χ3v) is 3.74. The van der Waals surface area contributed by atoms with Gasteiger partial charge in [-0.3, -0.25) is 4.79 Å². The molecule has 24 heavy (non-hydrogen) atoms. The average Bonchev–Trinajstić information content (AvgIpc) is 2.80. The number of nitrogens with zero attached hydrogens (tertiary/aromatic N) is 2. The molecule has 4 nitrogen and oxygen atoms in total. The minimum atomic E-state index is -0.321. The molecule has 0 saturated carbocycles. The number of hydrogen-bond donors (Lipinski definition) is 1. The highest BCUT2D eigenvalue weighted by Crippen LogP contribution is 2.21. The van der Waals surface area contributed by atoms with Crippen molar-refractivity contribution in [1.82, 2.24) is 15.1 Å². The third-order valence-electron chi connectivity index (χ3n) is 3.74. The van der Waals surface area contributed by atoms with Crippen LogP contribution in [0.15, 0.2) is 24.3 Å². The molecule has 0 spiro atoms. The fourth-order valence-corrected chi connectivity index (χ4v) is 2.63. The molecule has 0 bridgehead atoms. The highest BCUT2D eigenvalue weighted by molar-refractivity contribution is 5.96. The molecule has 0 unspecified atom stereocenters. The van der Waals surface area contributed by atoms with Crippen molar-refractivity contribution in [3.63, 3.8) is 0 Å². The molecule has 1 heterocycles. The van der Waals surface area contributed by atoms with E-state index in [1.165, 1.54) is 12.1 Å². The van der Waals surface area contributed by atoms with Crippen molar-refractivity contribution in [3.05, 3.63) is 47.0 Å². The van der Waals surface area contributed by atoms with Crippen LogP contribution in [-0.2, 0) is 6.42 Å². The Balaban J connectivity index is 2.46. The maximum absolute atomic E-state index is 13.5. The Morgan fingerprint density at radius 1 is 1.25 bits per heavy atom. The van der Waals surface area contributed by atoms with Crippen LogP contribution in [0.5, 0.6) is 0 Å². The van der Waals surface area contributed by atoms with Gasteiger partial charge in [0.05, 0.1) is 22.6 Å². The second kappa shape index (κ2) is 7.60. The Morgan fingerprint density at radius 3 is 2.54 bits per heavy atom. The number of hydrogen-bond acceptors (Lipinski definition) is 2. The highest BCUT2D eigenvalue weighted by atomic mass is 19.1. The van der Waals surface area contributed by atoms with Gasteiger partial charge in [0, 0.05) is 6.54 Å². The van der Waals surface area contributed by atoms with Gasteiger partial charge in [-0.15, -0.1) is 0 Å². The number of carbonyl (C=O) groups excluding carboxylic acids is 1. The minimum Gasteiger partial charge on any atom is -0.352 e. The van der Waals surface area contributed by atoms with Crippen molar-refractivity contribution in [2.75, 3.05) is 6.54 Å². The van der Waals surface area contributed by atoms with Crippen LogP contribution in [0.3, 0.4) is 0 Å². The molecule has 0 aliphatic rings. The zero-order valence-corrected chi connectivity index (χ0v) is 15.1. The lowest BCUT2D eigenvalue weighted by Crippen LogP contribution is -2.28. The molecule has 2 rings (SSSR count). The van der Waals surface area contributed by atoms with Crippen molar-refractivity contribution in [3.8, 4) is 5.69 Å². The van der Waals surface area contributed by atoms with E-state index in [-0.39, 0.29) is 11.7 Å². The summed E-state index contributed by atoms with van der Waals surface area (Å²) in [4.78, 5) is 12.6. The topological polar surface area (TPSA) is 46.9 Å². The SMILES string of the molecule is Cc1c(C(=O)NCC(C)C)c(CC(C)C)nn1-c1cccc(F)c1. The summed E-state index contributed by atoms with van der Waals surface area (Å²) in [5.74, 6) is 0.316. The number of benzene rings is 1. The molecular formula is C19H26FN3O. The second-order valence-electron chi connectivity index (χ2n) is 7.00. The van der Waals surface area contributed by atoms with Gasteiger partial charge in [0.15, 0.2) is 0 Å². The summed E-state index contributed by atoms with van der Waals surface area (Å²) in [5, 5.41) is 7.56. The normalized spacial score (nSPS) is 11.3. The van der Waals surface area contributed by atoms with Crippen LogP contribution < -0.4 is 5.32 Å². The standard InChI is InChI=1S/C19H26FN3O/c1-12(2)9-17-18(19(24)21-11-13(3)4)14(5)23(22-17)16-8-6-7-15(20)10-16/h6-8,10,12-13H,9,11H2,1-5H3,(H,21,24). The summed E-state index contributed by atoms with van der Waals surface area (Å²) in [6.07, 6.45) is 0.702. The summed E-state index contributed by atoms with van der Waals surface area (Å²) < 4.78 is 15.2. The Kier molecular flexibility index (Phi) is 5.75. The molecular weight excluding hydrogens is 305 g/mol. The number of amides is 1. The van der Waals surface area contributed by atoms with Crippen molar-refractivity contribution in [2.45, 2.75) is 41.0 Å². The first-order valence-electron chi connectivity index (χ1n) is 8.42. The van der Waals surface area contributed by atoms with Gasteiger partial charge in [-0.05, 0) is 43.4 Å². The lowest BCUT2D eigenvalue weighted by molar-refractivity contribution is 0.0947. The number of halogens is 1. The van der Waals surface area contributed by atoms with E-state index in [4.69, 9.17) is 0 Å². The van der Waals surface area contributed by atoms with Gasteiger partial charge < -0.3 is 5.32 Å². The van der Waals surface area contributed by atoms with E-state index in [9.17, 15) is 9.18 Å². The van der Waals surface area contributed by atoms with Crippen LogP contribution in [0.2, 0.25) is 0 Å². The maximum atomic E-state index is 13.5. The van der Waals surface area contributed by atoms with Crippen LogP contribution in [0.1, 0.15) is 49.4 Å². The van der Waals surface area contributed by atoms with E-state index in [0.717, 1.165) is 11.4 Å². The Bertz CT molecular complexity index is 719. The summed E-state index contributed by atoms with van der Waals surface area (Å²) in [5.41, 5.74) is 2.72. The molecule has 2 aromatic rings. The van der Waals surface area contributed by atoms with Gasteiger partial charge in [0.25, 0.3) is 5.91 Å². The van der Waals surface area contributed by atoms with E-state index < -0.39 is 0 Å². The van der Waals surface area contributed by atoms with Crippen LogP contribution in [0.25, 0.3) is 5.69 Å². The van der Waals surface area contributed by atoms with Gasteiger partial charge in [0.1, 0.15) is 5.82 Å². The van der Waals surface area contributed by atoms with Crippen molar-refractivity contribution in [2.24, 2.45) is 11.8 Å². The lowest BCUT2D eigenvalue weighted by Gasteiger charge is -2.09. The summed E-state index contributed by atoms with van der Waals surface area (Å²) >= 11 is 0. The van der Waals surface area contributed by atoms with Crippen molar-refractivity contribution >= 4 is 5.91 Å². The molecule has 5 heteroatoms. The van der Waals surface area contributed by atoms with Crippen molar-refractivity contribution in [1.29, 1.82) is 0 Å². The Morgan fingerprint density at radius 2 is 1.96 bits per heavy atom. The fourth-order valence-electron chi connectivity index (χ4n) is 2.63. The smallest absolute Gasteiger partial charge is 0.255 e. The highest BCUT2D eigenvalue weighted by Gasteiger charge is 2.22. The van der Waals surface area contributed by atoms with Crippen molar-refractivity contribution < 1.29 is 9.18 Å². The summed E-state index contributed by atoms with van der Waals surface area (Å²) in [7, 11) is 0. The number of rotatable bonds is 6. The quantitative estimate of drug-likeness (QED) is 0.872. The van der Waals surface area contributed by atoms with Gasteiger partial charge in [-0.2, -0.15) is 5.10 Å². The first kappa shape index (κ1) is 18.2. The molecule has 1 amide bonds. The van der Waals surface area contributed by atoms with E-state index in [0.29, 0.717) is 36.1 Å². The predicted octanol–water partition coefficient (Wildman–Crippen LogP) is 3.90. The van der Waals surface area contributed by atoms with Gasteiger partial charge in [0.2, 0.25) is 0 Å². The minimum absolute atomic E-state index is 0.112. The molecule has 0 aliphatic heterocycles. The molecule has 1 N–H and O–H groups in total. The molecule has 0 radical (unpaired) electrons. The monoisotopic (exact) mass is 331 g/mol. The molecule has 0 aliphatic carbocycles. The van der Waals surface area contributed by atoms with E-state index in [2.05, 4.69) is 38.1 Å². The molecule has 1 aromatic carbocycles. The van der Waals surface area contributed by atoms with Crippen LogP contribution >= 0.6 is 0 Å². The zero-order chi connectivity index (χ0) is 17.9. The van der Waals surface area contributed by atoms with Gasteiger partial charge in [-0.1, -0.05) is 33.8 Å².